The number of nitrogens with zero attached hydrogens (tertiary/aromatic N) is 3. The number of ether oxygens (including phenoxy) is 1. The zero-order chi connectivity index (χ0) is 20.7. The SMILES string of the molecule is C[C@H](NC(=O)OC(C)(C)C)C(=O)Nc1ccc(/N=N/c2ccccc2)c(N)n1. The maximum Gasteiger partial charge on any atom is 0.408 e. The molecule has 2 aromatic rings. The van der Waals surface area contributed by atoms with Gasteiger partial charge < -0.3 is 21.1 Å². The zero-order valence-electron chi connectivity index (χ0n) is 16.3. The summed E-state index contributed by atoms with van der Waals surface area (Å²) in [5.74, 6) is -0.111. The summed E-state index contributed by atoms with van der Waals surface area (Å²) in [4.78, 5) is 28.1. The second-order valence-corrected chi connectivity index (χ2v) is 6.99. The largest absolute Gasteiger partial charge is 0.444 e. The van der Waals surface area contributed by atoms with Crippen LogP contribution in [0.1, 0.15) is 27.7 Å². The number of alkyl carbamates (subject to hydrolysis) is 1. The molecule has 148 valence electrons. The molecule has 0 saturated carbocycles. The van der Waals surface area contributed by atoms with Crippen molar-refractivity contribution in [1.29, 1.82) is 0 Å². The Morgan fingerprint density at radius 1 is 1.11 bits per heavy atom. The van der Waals surface area contributed by atoms with Gasteiger partial charge in [0, 0.05) is 0 Å². The molecule has 9 heteroatoms. The number of aromatic nitrogens is 1. The summed E-state index contributed by atoms with van der Waals surface area (Å²) in [6.45, 7) is 6.74. The molecular formula is C19H24N6O3. The molecule has 1 heterocycles. The average molecular weight is 384 g/mol. The van der Waals surface area contributed by atoms with Crippen molar-refractivity contribution in [2.24, 2.45) is 10.2 Å². The summed E-state index contributed by atoms with van der Waals surface area (Å²) in [6, 6.07) is 11.5. The van der Waals surface area contributed by atoms with Gasteiger partial charge in [0.2, 0.25) is 5.91 Å². The van der Waals surface area contributed by atoms with Gasteiger partial charge in [0.25, 0.3) is 0 Å². The van der Waals surface area contributed by atoms with E-state index in [2.05, 4.69) is 25.8 Å². The Hall–Kier alpha value is -3.49. The fraction of sp³-hybridized carbons (Fsp3) is 0.316. The molecule has 0 spiro atoms. The summed E-state index contributed by atoms with van der Waals surface area (Å²) in [6.07, 6.45) is -0.681. The molecule has 4 N–H and O–H groups in total. The number of pyridine rings is 1. The highest BCUT2D eigenvalue weighted by Crippen LogP contribution is 2.24. The van der Waals surface area contributed by atoms with Crippen molar-refractivity contribution in [2.75, 3.05) is 11.1 Å². The predicted octanol–water partition coefficient (Wildman–Crippen LogP) is 3.93. The van der Waals surface area contributed by atoms with Crippen molar-refractivity contribution in [3.05, 3.63) is 42.5 Å². The molecule has 1 atom stereocenters. The monoisotopic (exact) mass is 384 g/mol. The number of carbonyl (C=O) groups excluding carboxylic acids is 2. The van der Waals surface area contributed by atoms with Crippen LogP contribution < -0.4 is 16.4 Å². The number of azo groups is 1. The third-order valence-corrected chi connectivity index (χ3v) is 3.31. The third kappa shape index (κ3) is 6.67. The second-order valence-electron chi connectivity index (χ2n) is 6.99. The van der Waals surface area contributed by atoms with E-state index in [4.69, 9.17) is 10.5 Å². The van der Waals surface area contributed by atoms with Crippen LogP contribution in [0.15, 0.2) is 52.7 Å². The standard InChI is InChI=1S/C19H24N6O3/c1-12(21-18(27)28-19(2,3)4)17(26)23-15-11-10-14(16(20)22-15)25-24-13-8-6-5-7-9-13/h5-12H,1-4H3,(H,21,27)(H3,20,22,23,26)/b25-24+/t12-/m0/s1. The summed E-state index contributed by atoms with van der Waals surface area (Å²) < 4.78 is 5.12. The van der Waals surface area contributed by atoms with E-state index in [1.807, 2.05) is 18.2 Å². The fourth-order valence-corrected chi connectivity index (χ4v) is 2.01. The first-order chi connectivity index (χ1) is 13.1. The Balaban J connectivity index is 1.97. The lowest BCUT2D eigenvalue weighted by atomic mass is 10.2. The van der Waals surface area contributed by atoms with E-state index in [0.29, 0.717) is 11.4 Å². The number of hydrogen-bond acceptors (Lipinski definition) is 7. The molecule has 0 bridgehead atoms. The van der Waals surface area contributed by atoms with Gasteiger partial charge in [-0.1, -0.05) is 18.2 Å². The number of amides is 2. The van der Waals surface area contributed by atoms with Gasteiger partial charge in [0.15, 0.2) is 5.82 Å². The molecule has 9 nitrogen and oxygen atoms in total. The molecule has 0 aliphatic carbocycles. The predicted molar refractivity (Wildman–Crippen MR) is 107 cm³/mol. The van der Waals surface area contributed by atoms with Crippen LogP contribution in [-0.2, 0) is 9.53 Å². The number of anilines is 2. The van der Waals surface area contributed by atoms with E-state index in [9.17, 15) is 9.59 Å². The number of nitrogens with two attached hydrogens (primary N) is 1. The molecule has 0 unspecified atom stereocenters. The Morgan fingerprint density at radius 3 is 2.39 bits per heavy atom. The first kappa shape index (κ1) is 20.8. The van der Waals surface area contributed by atoms with Crippen molar-refractivity contribution in [3.63, 3.8) is 0 Å². The summed E-state index contributed by atoms with van der Waals surface area (Å²) in [7, 11) is 0. The van der Waals surface area contributed by atoms with Gasteiger partial charge in [-0.2, -0.15) is 5.11 Å². The topological polar surface area (TPSA) is 131 Å². The molecule has 1 aromatic carbocycles. The van der Waals surface area contributed by atoms with Gasteiger partial charge in [0.05, 0.1) is 5.69 Å². The van der Waals surface area contributed by atoms with Crippen molar-refractivity contribution in [3.8, 4) is 0 Å². The number of nitrogen functional groups attached to an aromatic ring is 1. The van der Waals surface area contributed by atoms with E-state index < -0.39 is 23.6 Å². The lowest BCUT2D eigenvalue weighted by molar-refractivity contribution is -0.117. The molecule has 28 heavy (non-hydrogen) atoms. The maximum atomic E-state index is 12.2. The van der Waals surface area contributed by atoms with Crippen LogP contribution in [-0.4, -0.2) is 28.6 Å². The average Bonchev–Trinajstić information content (AvgIpc) is 2.60. The third-order valence-electron chi connectivity index (χ3n) is 3.31. The van der Waals surface area contributed by atoms with E-state index in [1.54, 1.807) is 45.0 Å². The molecule has 0 aliphatic rings. The van der Waals surface area contributed by atoms with Crippen molar-refractivity contribution < 1.29 is 14.3 Å². The van der Waals surface area contributed by atoms with Crippen LogP contribution in [0, 0.1) is 0 Å². The highest BCUT2D eigenvalue weighted by atomic mass is 16.6. The fourth-order valence-electron chi connectivity index (χ4n) is 2.01. The summed E-state index contributed by atoms with van der Waals surface area (Å²) >= 11 is 0. The van der Waals surface area contributed by atoms with Gasteiger partial charge in [-0.15, -0.1) is 5.11 Å². The first-order valence-electron chi connectivity index (χ1n) is 8.68. The Kier molecular flexibility index (Phi) is 6.64. The van der Waals surface area contributed by atoms with E-state index in [0.717, 1.165) is 0 Å². The molecule has 2 amide bonds. The normalized spacial score (nSPS) is 12.4. The van der Waals surface area contributed by atoms with Gasteiger partial charge >= 0.3 is 6.09 Å². The molecule has 0 radical (unpaired) electrons. The van der Waals surface area contributed by atoms with Gasteiger partial charge in [0.1, 0.15) is 23.1 Å². The minimum absolute atomic E-state index is 0.116. The van der Waals surface area contributed by atoms with Crippen LogP contribution in [0.4, 0.5) is 27.8 Å². The van der Waals surface area contributed by atoms with E-state index >= 15 is 0 Å². The van der Waals surface area contributed by atoms with Crippen LogP contribution in [0.25, 0.3) is 0 Å². The highest BCUT2D eigenvalue weighted by Gasteiger charge is 2.21. The van der Waals surface area contributed by atoms with E-state index in [1.165, 1.54) is 6.92 Å². The highest BCUT2D eigenvalue weighted by molar-refractivity contribution is 5.95. The number of rotatable bonds is 5. The number of hydrogen-bond donors (Lipinski definition) is 3. The van der Waals surface area contributed by atoms with Crippen LogP contribution in [0.5, 0.6) is 0 Å². The molecule has 0 fully saturated rings. The number of carbonyl (C=O) groups is 2. The van der Waals surface area contributed by atoms with E-state index in [-0.39, 0.29) is 11.6 Å². The van der Waals surface area contributed by atoms with Gasteiger partial charge in [-0.3, -0.25) is 4.79 Å². The lowest BCUT2D eigenvalue weighted by Gasteiger charge is -2.21. The molecular weight excluding hydrogens is 360 g/mol. The minimum Gasteiger partial charge on any atom is -0.444 e. The molecule has 0 saturated heterocycles. The Morgan fingerprint density at radius 2 is 1.79 bits per heavy atom. The second kappa shape index (κ2) is 8.94. The zero-order valence-corrected chi connectivity index (χ0v) is 16.3. The Labute approximate surface area is 163 Å². The van der Waals surface area contributed by atoms with Crippen molar-refractivity contribution in [2.45, 2.75) is 39.3 Å². The van der Waals surface area contributed by atoms with Crippen molar-refractivity contribution in [1.82, 2.24) is 10.3 Å². The summed E-state index contributed by atoms with van der Waals surface area (Å²) in [5.41, 5.74) is 6.29. The van der Waals surface area contributed by atoms with Crippen LogP contribution in [0.3, 0.4) is 0 Å². The number of nitrogens with one attached hydrogen (secondary N) is 2. The van der Waals surface area contributed by atoms with Crippen LogP contribution in [0.2, 0.25) is 0 Å². The smallest absolute Gasteiger partial charge is 0.408 e. The minimum atomic E-state index is -0.824. The molecule has 0 aliphatic heterocycles. The quantitative estimate of drug-likeness (QED) is 0.672. The molecule has 2 rings (SSSR count). The maximum absolute atomic E-state index is 12.2. The Bertz CT molecular complexity index is 862. The van der Waals surface area contributed by atoms with Crippen LogP contribution >= 0.6 is 0 Å². The van der Waals surface area contributed by atoms with Gasteiger partial charge in [-0.05, 0) is 52.0 Å². The summed E-state index contributed by atoms with van der Waals surface area (Å²) in [5, 5.41) is 13.2. The first-order valence-corrected chi connectivity index (χ1v) is 8.68. The van der Waals surface area contributed by atoms with Gasteiger partial charge in [-0.25, -0.2) is 9.78 Å². The lowest BCUT2D eigenvalue weighted by Crippen LogP contribution is -2.44. The molecule has 1 aromatic heterocycles. The van der Waals surface area contributed by atoms with Crippen molar-refractivity contribution >= 4 is 35.0 Å². The number of benzene rings is 1.